The number of hydrogen-bond donors (Lipinski definition) is 1. The predicted octanol–water partition coefficient (Wildman–Crippen LogP) is 2.58. The van der Waals surface area contributed by atoms with E-state index < -0.39 is 16.6 Å². The van der Waals surface area contributed by atoms with Crippen molar-refractivity contribution in [2.45, 2.75) is 6.42 Å². The molecule has 0 radical (unpaired) electrons. The summed E-state index contributed by atoms with van der Waals surface area (Å²) < 4.78 is 13.2. The van der Waals surface area contributed by atoms with E-state index in [0.717, 1.165) is 11.6 Å². The van der Waals surface area contributed by atoms with Crippen molar-refractivity contribution < 1.29 is 14.1 Å². The number of nitrogens with one attached hydrogen (secondary N) is 1. The molecule has 1 amide bonds. The first-order valence-corrected chi connectivity index (χ1v) is 6.72. The van der Waals surface area contributed by atoms with Crippen molar-refractivity contribution in [1.82, 2.24) is 5.32 Å². The Kier molecular flexibility index (Phi) is 5.00. The Morgan fingerprint density at radius 2 is 2.09 bits per heavy atom. The number of halogens is 1. The summed E-state index contributed by atoms with van der Waals surface area (Å²) in [5.41, 5.74) is 0.695. The van der Waals surface area contributed by atoms with E-state index in [1.165, 1.54) is 24.3 Å². The van der Waals surface area contributed by atoms with E-state index in [-0.39, 0.29) is 23.4 Å². The Morgan fingerprint density at radius 3 is 2.78 bits per heavy atom. The summed E-state index contributed by atoms with van der Waals surface area (Å²) in [5.74, 6) is -1.12. The molecule has 0 aliphatic heterocycles. The molecule has 6 nitrogen and oxygen atoms in total. The van der Waals surface area contributed by atoms with Gasteiger partial charge in [-0.2, -0.15) is 5.26 Å². The molecule has 23 heavy (non-hydrogen) atoms. The number of nitrogens with zero attached hydrogens (tertiary/aromatic N) is 2. The zero-order valence-electron chi connectivity index (χ0n) is 12.0. The summed E-state index contributed by atoms with van der Waals surface area (Å²) >= 11 is 0. The zero-order chi connectivity index (χ0) is 16.8. The van der Waals surface area contributed by atoms with E-state index in [9.17, 15) is 19.3 Å². The van der Waals surface area contributed by atoms with E-state index in [4.69, 9.17) is 5.26 Å². The van der Waals surface area contributed by atoms with Crippen LogP contribution in [0.2, 0.25) is 0 Å². The van der Waals surface area contributed by atoms with Crippen LogP contribution in [0, 0.1) is 27.3 Å². The lowest BCUT2D eigenvalue weighted by Crippen LogP contribution is -2.25. The van der Waals surface area contributed by atoms with Gasteiger partial charge in [0.05, 0.1) is 10.5 Å². The van der Waals surface area contributed by atoms with Crippen LogP contribution in [-0.4, -0.2) is 17.4 Å². The highest BCUT2D eigenvalue weighted by Crippen LogP contribution is 2.13. The Hall–Kier alpha value is -3.27. The summed E-state index contributed by atoms with van der Waals surface area (Å²) in [6.07, 6.45) is 0.416. The highest BCUT2D eigenvalue weighted by atomic mass is 19.1. The molecule has 0 saturated carbocycles. The number of benzene rings is 2. The second kappa shape index (κ2) is 7.13. The van der Waals surface area contributed by atoms with Crippen LogP contribution in [-0.2, 0) is 6.42 Å². The van der Waals surface area contributed by atoms with E-state index in [2.05, 4.69) is 5.32 Å². The Balaban J connectivity index is 1.96. The molecule has 0 aliphatic carbocycles. The first-order chi connectivity index (χ1) is 11.0. The highest BCUT2D eigenvalue weighted by Gasteiger charge is 2.10. The molecule has 0 heterocycles. The van der Waals surface area contributed by atoms with Crippen LogP contribution in [0.15, 0.2) is 42.5 Å². The number of nitriles is 1. The Labute approximate surface area is 131 Å². The van der Waals surface area contributed by atoms with Gasteiger partial charge in [0.1, 0.15) is 11.9 Å². The average Bonchev–Trinajstić information content (AvgIpc) is 2.55. The molecule has 0 bridgehead atoms. The average molecular weight is 313 g/mol. The topological polar surface area (TPSA) is 96.0 Å². The van der Waals surface area contributed by atoms with E-state index >= 15 is 0 Å². The minimum Gasteiger partial charge on any atom is -0.352 e. The first-order valence-electron chi connectivity index (χ1n) is 6.72. The Bertz CT molecular complexity index is 799. The molecule has 0 spiro atoms. The van der Waals surface area contributed by atoms with Crippen molar-refractivity contribution in [2.75, 3.05) is 6.54 Å². The predicted molar refractivity (Wildman–Crippen MR) is 80.2 cm³/mol. The van der Waals surface area contributed by atoms with Crippen LogP contribution in [0.5, 0.6) is 0 Å². The van der Waals surface area contributed by atoms with Gasteiger partial charge in [0.25, 0.3) is 11.6 Å². The number of rotatable bonds is 5. The fraction of sp³-hybridized carbons (Fsp3) is 0.125. The lowest BCUT2D eigenvalue weighted by molar-refractivity contribution is -0.384. The SMILES string of the molecule is N#Cc1cc(C(=O)NCCc2cccc([N+](=O)[O-])c2)ccc1F. The fourth-order valence-corrected chi connectivity index (χ4v) is 2.00. The van der Waals surface area contributed by atoms with Crippen LogP contribution >= 0.6 is 0 Å². The molecule has 2 aromatic carbocycles. The normalized spacial score (nSPS) is 9.91. The van der Waals surface area contributed by atoms with Crippen molar-refractivity contribution in [3.63, 3.8) is 0 Å². The zero-order valence-corrected chi connectivity index (χ0v) is 12.0. The van der Waals surface area contributed by atoms with Gasteiger partial charge in [-0.1, -0.05) is 12.1 Å². The van der Waals surface area contributed by atoms with Gasteiger partial charge >= 0.3 is 0 Å². The van der Waals surface area contributed by atoms with Crippen LogP contribution in [0.1, 0.15) is 21.5 Å². The number of nitro groups is 1. The maximum absolute atomic E-state index is 13.2. The highest BCUT2D eigenvalue weighted by molar-refractivity contribution is 5.94. The summed E-state index contributed by atoms with van der Waals surface area (Å²) in [6.45, 7) is 0.263. The van der Waals surface area contributed by atoms with Crippen molar-refractivity contribution >= 4 is 11.6 Å². The summed E-state index contributed by atoms with van der Waals surface area (Å²) in [4.78, 5) is 22.1. The van der Waals surface area contributed by atoms with Gasteiger partial charge in [-0.3, -0.25) is 14.9 Å². The summed E-state index contributed by atoms with van der Waals surface area (Å²) in [5, 5.41) is 22.1. The smallest absolute Gasteiger partial charge is 0.269 e. The second-order valence-electron chi connectivity index (χ2n) is 4.74. The molecule has 0 aliphatic rings. The van der Waals surface area contributed by atoms with Crippen molar-refractivity contribution in [2.24, 2.45) is 0 Å². The first kappa shape index (κ1) is 16.1. The van der Waals surface area contributed by atoms with Gasteiger partial charge in [0.15, 0.2) is 0 Å². The van der Waals surface area contributed by atoms with Crippen molar-refractivity contribution in [3.8, 4) is 6.07 Å². The molecular formula is C16H12FN3O3. The van der Waals surface area contributed by atoms with Crippen LogP contribution in [0.4, 0.5) is 10.1 Å². The monoisotopic (exact) mass is 313 g/mol. The molecule has 0 saturated heterocycles. The van der Waals surface area contributed by atoms with Crippen LogP contribution in [0.3, 0.4) is 0 Å². The third-order valence-corrected chi connectivity index (χ3v) is 3.17. The molecule has 0 aromatic heterocycles. The number of hydrogen-bond acceptors (Lipinski definition) is 4. The van der Waals surface area contributed by atoms with E-state index in [0.29, 0.717) is 6.42 Å². The van der Waals surface area contributed by atoms with Crippen LogP contribution < -0.4 is 5.32 Å². The minimum atomic E-state index is -0.680. The van der Waals surface area contributed by atoms with Gasteiger partial charge < -0.3 is 5.32 Å². The molecule has 1 N–H and O–H groups in total. The standard InChI is InChI=1S/C16H12FN3O3/c17-15-5-4-12(9-13(15)10-18)16(21)19-7-6-11-2-1-3-14(8-11)20(22)23/h1-5,8-9H,6-7H2,(H,19,21). The lowest BCUT2D eigenvalue weighted by Gasteiger charge is -2.06. The molecule has 116 valence electrons. The largest absolute Gasteiger partial charge is 0.352 e. The summed E-state index contributed by atoms with van der Waals surface area (Å²) in [6, 6.07) is 11.3. The maximum atomic E-state index is 13.2. The van der Waals surface area contributed by atoms with Crippen molar-refractivity contribution in [3.05, 3.63) is 75.1 Å². The van der Waals surface area contributed by atoms with Gasteiger partial charge in [0, 0.05) is 24.2 Å². The molecule has 0 atom stereocenters. The maximum Gasteiger partial charge on any atom is 0.269 e. The lowest BCUT2D eigenvalue weighted by atomic mass is 10.1. The van der Waals surface area contributed by atoms with Gasteiger partial charge in [0.2, 0.25) is 0 Å². The molecular weight excluding hydrogens is 301 g/mol. The van der Waals surface area contributed by atoms with Crippen molar-refractivity contribution in [1.29, 1.82) is 5.26 Å². The third kappa shape index (κ3) is 4.11. The molecule has 0 fully saturated rings. The number of amides is 1. The number of carbonyl (C=O) groups is 1. The second-order valence-corrected chi connectivity index (χ2v) is 4.74. The van der Waals surface area contributed by atoms with Crippen LogP contribution in [0.25, 0.3) is 0 Å². The summed E-state index contributed by atoms with van der Waals surface area (Å²) in [7, 11) is 0. The molecule has 7 heteroatoms. The van der Waals surface area contributed by atoms with Gasteiger partial charge in [-0.15, -0.1) is 0 Å². The quantitative estimate of drug-likeness (QED) is 0.677. The Morgan fingerprint density at radius 1 is 1.30 bits per heavy atom. The van der Waals surface area contributed by atoms with E-state index in [1.807, 2.05) is 0 Å². The number of nitro benzene ring substituents is 1. The molecule has 0 unspecified atom stereocenters. The minimum absolute atomic E-state index is 0.00831. The third-order valence-electron chi connectivity index (χ3n) is 3.17. The fourth-order valence-electron chi connectivity index (χ4n) is 2.00. The van der Waals surface area contributed by atoms with Gasteiger partial charge in [-0.05, 0) is 30.2 Å². The van der Waals surface area contributed by atoms with Gasteiger partial charge in [-0.25, -0.2) is 4.39 Å². The number of non-ortho nitro benzene ring substituents is 1. The molecule has 2 rings (SSSR count). The molecule has 2 aromatic rings. The van der Waals surface area contributed by atoms with E-state index in [1.54, 1.807) is 18.2 Å². The number of carbonyl (C=O) groups excluding carboxylic acids is 1.